The van der Waals surface area contributed by atoms with E-state index in [-0.39, 0.29) is 31.1 Å². The third-order valence-corrected chi connectivity index (χ3v) is 12.5. The summed E-state index contributed by atoms with van der Waals surface area (Å²) < 4.78 is 16.7. The smallest absolute Gasteiger partial charge is 0.306 e. The van der Waals surface area contributed by atoms with Crippen LogP contribution in [-0.2, 0) is 28.6 Å². The Labute approximate surface area is 415 Å². The molecule has 0 amide bonds. The van der Waals surface area contributed by atoms with Gasteiger partial charge in [-0.15, -0.1) is 0 Å². The fourth-order valence-corrected chi connectivity index (χ4v) is 8.24. The summed E-state index contributed by atoms with van der Waals surface area (Å²) in [5.74, 6) is -0.870. The standard InChI is InChI=1S/C61H108O6/c1-4-7-10-13-16-18-20-21-22-23-24-25-26-27-28-29-30-31-32-33-34-35-36-37-38-39-40-41-42-44-45-48-51-54-60(63)66-57-58(56-65-59(62)53-50-47-15-12-9-6-3)67-61(64)55-52-49-46-43-19-17-14-11-8-5-2/h7,10,16,18,21-22,24-25,27-28,58H,4-6,8-9,11-15,17,19-20,23,26,29-57H2,1-3H3/b10-7-,18-16-,22-21-,25-24-,28-27-. The molecule has 6 nitrogen and oxygen atoms in total. The van der Waals surface area contributed by atoms with Gasteiger partial charge in [0.05, 0.1) is 0 Å². The number of hydrogen-bond donors (Lipinski definition) is 0. The Morgan fingerprint density at radius 1 is 0.313 bits per heavy atom. The first-order valence-electron chi connectivity index (χ1n) is 28.8. The Kier molecular flexibility index (Phi) is 53.3. The van der Waals surface area contributed by atoms with Gasteiger partial charge < -0.3 is 14.2 Å². The zero-order valence-electron chi connectivity index (χ0n) is 44.4. The van der Waals surface area contributed by atoms with Crippen molar-refractivity contribution in [1.82, 2.24) is 0 Å². The molecular weight excluding hydrogens is 829 g/mol. The van der Waals surface area contributed by atoms with Gasteiger partial charge in [0, 0.05) is 19.3 Å². The van der Waals surface area contributed by atoms with Crippen molar-refractivity contribution in [2.75, 3.05) is 13.2 Å². The van der Waals surface area contributed by atoms with Crippen LogP contribution in [0.1, 0.15) is 290 Å². The molecule has 0 aromatic rings. The third kappa shape index (κ3) is 53.9. The van der Waals surface area contributed by atoms with Gasteiger partial charge in [-0.05, 0) is 64.2 Å². The van der Waals surface area contributed by atoms with Crippen molar-refractivity contribution in [2.24, 2.45) is 0 Å². The lowest BCUT2D eigenvalue weighted by Crippen LogP contribution is -2.30. The Hall–Kier alpha value is -2.89. The molecule has 388 valence electrons. The van der Waals surface area contributed by atoms with Gasteiger partial charge >= 0.3 is 17.9 Å². The largest absolute Gasteiger partial charge is 0.462 e. The number of ether oxygens (including phenoxy) is 3. The first-order chi connectivity index (χ1) is 33.0. The normalized spacial score (nSPS) is 12.5. The van der Waals surface area contributed by atoms with Gasteiger partial charge in [-0.25, -0.2) is 0 Å². The third-order valence-electron chi connectivity index (χ3n) is 12.5. The summed E-state index contributed by atoms with van der Waals surface area (Å²) in [6.07, 6.45) is 69.8. The molecule has 0 aromatic heterocycles. The number of allylic oxidation sites excluding steroid dienone is 10. The lowest BCUT2D eigenvalue weighted by Gasteiger charge is -2.18. The lowest BCUT2D eigenvalue weighted by molar-refractivity contribution is -0.167. The average Bonchev–Trinajstić information content (AvgIpc) is 3.33. The van der Waals surface area contributed by atoms with E-state index in [2.05, 4.69) is 81.5 Å². The molecule has 0 rings (SSSR count). The monoisotopic (exact) mass is 937 g/mol. The molecule has 0 heterocycles. The number of carbonyl (C=O) groups is 3. The molecule has 1 atom stereocenters. The van der Waals surface area contributed by atoms with E-state index in [9.17, 15) is 14.4 Å². The fourth-order valence-electron chi connectivity index (χ4n) is 8.24. The molecule has 0 aliphatic rings. The van der Waals surface area contributed by atoms with E-state index in [1.165, 1.54) is 161 Å². The van der Waals surface area contributed by atoms with E-state index in [1.54, 1.807) is 0 Å². The number of unbranched alkanes of at least 4 members (excludes halogenated alkanes) is 31. The topological polar surface area (TPSA) is 78.9 Å². The highest BCUT2D eigenvalue weighted by Crippen LogP contribution is 2.16. The van der Waals surface area contributed by atoms with Gasteiger partial charge in [0.15, 0.2) is 6.10 Å². The summed E-state index contributed by atoms with van der Waals surface area (Å²) in [5.41, 5.74) is 0. The molecule has 0 aliphatic carbocycles. The minimum absolute atomic E-state index is 0.0691. The SMILES string of the molecule is CC/C=C\C/C=C\C/C=C\C/C=C\C/C=C\CCCCCCCCCCCCCCCCCCCC(=O)OCC(COC(=O)CCCCCCCC)OC(=O)CCCCCCCCCCCC. The van der Waals surface area contributed by atoms with Gasteiger partial charge in [0.2, 0.25) is 0 Å². The maximum Gasteiger partial charge on any atom is 0.306 e. The van der Waals surface area contributed by atoms with Gasteiger partial charge in [-0.3, -0.25) is 14.4 Å². The van der Waals surface area contributed by atoms with Crippen LogP contribution in [0, 0.1) is 0 Å². The molecular formula is C61H108O6. The summed E-state index contributed by atoms with van der Waals surface area (Å²) in [7, 11) is 0. The number of esters is 3. The van der Waals surface area contributed by atoms with Gasteiger partial charge in [-0.2, -0.15) is 0 Å². The van der Waals surface area contributed by atoms with Crippen molar-refractivity contribution >= 4 is 17.9 Å². The van der Waals surface area contributed by atoms with E-state index in [4.69, 9.17) is 14.2 Å². The van der Waals surface area contributed by atoms with Crippen LogP contribution in [0.2, 0.25) is 0 Å². The van der Waals surface area contributed by atoms with Crippen LogP contribution in [0.25, 0.3) is 0 Å². The minimum Gasteiger partial charge on any atom is -0.462 e. The van der Waals surface area contributed by atoms with Crippen molar-refractivity contribution in [3.05, 3.63) is 60.8 Å². The molecule has 67 heavy (non-hydrogen) atoms. The van der Waals surface area contributed by atoms with E-state index in [0.717, 1.165) is 89.9 Å². The van der Waals surface area contributed by atoms with Crippen molar-refractivity contribution < 1.29 is 28.6 Å². The van der Waals surface area contributed by atoms with Crippen LogP contribution < -0.4 is 0 Å². The first kappa shape index (κ1) is 64.1. The lowest BCUT2D eigenvalue weighted by atomic mass is 10.0. The first-order valence-corrected chi connectivity index (χ1v) is 28.8. The minimum atomic E-state index is -0.764. The van der Waals surface area contributed by atoms with Gasteiger partial charge in [0.25, 0.3) is 0 Å². The Balaban J connectivity index is 3.90. The van der Waals surface area contributed by atoms with E-state index >= 15 is 0 Å². The summed E-state index contributed by atoms with van der Waals surface area (Å²) in [6, 6.07) is 0. The number of hydrogen-bond acceptors (Lipinski definition) is 6. The Bertz CT molecular complexity index is 1210. The summed E-state index contributed by atoms with van der Waals surface area (Å²) >= 11 is 0. The molecule has 0 spiro atoms. The molecule has 0 aromatic carbocycles. The molecule has 1 unspecified atom stereocenters. The highest BCUT2D eigenvalue weighted by Gasteiger charge is 2.19. The second-order valence-corrected chi connectivity index (χ2v) is 19.2. The van der Waals surface area contributed by atoms with Crippen molar-refractivity contribution in [3.8, 4) is 0 Å². The maximum atomic E-state index is 12.7. The molecule has 0 saturated carbocycles. The van der Waals surface area contributed by atoms with E-state index in [0.29, 0.717) is 19.3 Å². The molecule has 0 radical (unpaired) electrons. The summed E-state index contributed by atoms with van der Waals surface area (Å²) in [5, 5.41) is 0. The molecule has 0 saturated heterocycles. The predicted octanol–water partition coefficient (Wildman–Crippen LogP) is 19.2. The second-order valence-electron chi connectivity index (χ2n) is 19.2. The second kappa shape index (κ2) is 55.7. The van der Waals surface area contributed by atoms with Crippen LogP contribution in [0.5, 0.6) is 0 Å². The summed E-state index contributed by atoms with van der Waals surface area (Å²) in [4.78, 5) is 37.7. The van der Waals surface area contributed by atoms with Gasteiger partial charge in [-0.1, -0.05) is 268 Å². The molecule has 6 heteroatoms. The van der Waals surface area contributed by atoms with E-state index in [1.807, 2.05) is 0 Å². The zero-order chi connectivity index (χ0) is 48.6. The number of carbonyl (C=O) groups excluding carboxylic acids is 3. The fraction of sp³-hybridized carbons (Fsp3) is 0.787. The predicted molar refractivity (Wildman–Crippen MR) is 288 cm³/mol. The number of rotatable bonds is 52. The quantitative estimate of drug-likeness (QED) is 0.0262. The molecule has 0 aliphatic heterocycles. The van der Waals surface area contributed by atoms with Crippen molar-refractivity contribution in [1.29, 1.82) is 0 Å². The maximum absolute atomic E-state index is 12.7. The van der Waals surface area contributed by atoms with Crippen LogP contribution in [0.4, 0.5) is 0 Å². The average molecular weight is 938 g/mol. The molecule has 0 bridgehead atoms. The van der Waals surface area contributed by atoms with Crippen LogP contribution in [-0.4, -0.2) is 37.2 Å². The highest BCUT2D eigenvalue weighted by molar-refractivity contribution is 5.71. The highest BCUT2D eigenvalue weighted by atomic mass is 16.6. The van der Waals surface area contributed by atoms with Gasteiger partial charge in [0.1, 0.15) is 13.2 Å². The van der Waals surface area contributed by atoms with Crippen molar-refractivity contribution in [3.63, 3.8) is 0 Å². The van der Waals surface area contributed by atoms with Crippen LogP contribution >= 0.6 is 0 Å². The molecule has 0 N–H and O–H groups in total. The Morgan fingerprint density at radius 3 is 0.910 bits per heavy atom. The van der Waals surface area contributed by atoms with Crippen LogP contribution in [0.3, 0.4) is 0 Å². The van der Waals surface area contributed by atoms with Crippen molar-refractivity contribution in [2.45, 2.75) is 297 Å². The zero-order valence-corrected chi connectivity index (χ0v) is 44.4. The van der Waals surface area contributed by atoms with E-state index < -0.39 is 6.10 Å². The Morgan fingerprint density at radius 2 is 0.582 bits per heavy atom. The summed E-state index contributed by atoms with van der Waals surface area (Å²) in [6.45, 7) is 6.47. The molecule has 0 fully saturated rings. The van der Waals surface area contributed by atoms with Crippen LogP contribution in [0.15, 0.2) is 60.8 Å².